The Labute approximate surface area is 104 Å². The molecular weight excluding hydrogens is 245 g/mol. The minimum Gasteiger partial charge on any atom is -0.492 e. The standard InChI is InChI=1S/C12H11Cl2NO/c1-2-16-12-9(11-4-3-5-15-11)6-8(13)7-10(12)14/h3-7,15H,2H2,1H3. The molecular formula is C12H11Cl2NO. The van der Waals surface area contributed by atoms with Gasteiger partial charge in [-0.2, -0.15) is 0 Å². The van der Waals surface area contributed by atoms with E-state index in [-0.39, 0.29) is 0 Å². The van der Waals surface area contributed by atoms with E-state index in [9.17, 15) is 0 Å². The van der Waals surface area contributed by atoms with E-state index in [1.165, 1.54) is 0 Å². The molecule has 0 aliphatic carbocycles. The van der Waals surface area contributed by atoms with Gasteiger partial charge in [-0.1, -0.05) is 23.2 Å². The Morgan fingerprint density at radius 3 is 2.75 bits per heavy atom. The van der Waals surface area contributed by atoms with E-state index in [1.54, 1.807) is 6.07 Å². The van der Waals surface area contributed by atoms with Crippen LogP contribution >= 0.6 is 23.2 Å². The maximum atomic E-state index is 6.11. The fraction of sp³-hybridized carbons (Fsp3) is 0.167. The second-order valence-electron chi connectivity index (χ2n) is 3.28. The topological polar surface area (TPSA) is 25.0 Å². The third-order valence-corrected chi connectivity index (χ3v) is 2.68. The van der Waals surface area contributed by atoms with Crippen LogP contribution in [0.15, 0.2) is 30.5 Å². The summed E-state index contributed by atoms with van der Waals surface area (Å²) in [6.45, 7) is 2.48. The molecule has 0 fully saturated rings. The maximum absolute atomic E-state index is 6.11. The molecule has 0 spiro atoms. The summed E-state index contributed by atoms with van der Waals surface area (Å²) in [5, 5.41) is 1.12. The number of H-pyrrole nitrogens is 1. The average molecular weight is 256 g/mol. The molecule has 2 nitrogen and oxygen atoms in total. The van der Waals surface area contributed by atoms with Crippen LogP contribution in [0, 0.1) is 0 Å². The number of benzene rings is 1. The molecule has 1 aromatic carbocycles. The molecule has 4 heteroatoms. The highest BCUT2D eigenvalue weighted by Crippen LogP contribution is 2.38. The van der Waals surface area contributed by atoms with Crippen molar-refractivity contribution in [1.29, 1.82) is 0 Å². The first kappa shape index (κ1) is 11.4. The highest BCUT2D eigenvalue weighted by Gasteiger charge is 2.12. The lowest BCUT2D eigenvalue weighted by Gasteiger charge is -2.11. The van der Waals surface area contributed by atoms with Crippen molar-refractivity contribution >= 4 is 23.2 Å². The summed E-state index contributed by atoms with van der Waals surface area (Å²) in [5.41, 5.74) is 1.82. The van der Waals surface area contributed by atoms with Gasteiger partial charge in [0.2, 0.25) is 0 Å². The molecule has 0 atom stereocenters. The summed E-state index contributed by atoms with van der Waals surface area (Å²) < 4.78 is 5.54. The van der Waals surface area contributed by atoms with E-state index in [1.807, 2.05) is 31.3 Å². The Balaban J connectivity index is 2.57. The molecule has 0 radical (unpaired) electrons. The zero-order valence-corrected chi connectivity index (χ0v) is 10.3. The summed E-state index contributed by atoms with van der Waals surface area (Å²) in [5.74, 6) is 0.663. The Morgan fingerprint density at radius 2 is 2.12 bits per heavy atom. The minimum absolute atomic E-state index is 0.527. The van der Waals surface area contributed by atoms with Gasteiger partial charge < -0.3 is 9.72 Å². The van der Waals surface area contributed by atoms with Gasteiger partial charge in [0.25, 0.3) is 0 Å². The lowest BCUT2D eigenvalue weighted by molar-refractivity contribution is 0.342. The van der Waals surface area contributed by atoms with Gasteiger partial charge in [0.05, 0.1) is 11.6 Å². The molecule has 0 bridgehead atoms. The fourth-order valence-corrected chi connectivity index (χ4v) is 2.10. The van der Waals surface area contributed by atoms with Gasteiger partial charge >= 0.3 is 0 Å². The van der Waals surface area contributed by atoms with E-state index in [0.717, 1.165) is 11.3 Å². The SMILES string of the molecule is CCOc1c(Cl)cc(Cl)cc1-c1ccc[nH]1. The zero-order chi connectivity index (χ0) is 11.5. The molecule has 0 amide bonds. The van der Waals surface area contributed by atoms with Crippen LogP contribution in [-0.2, 0) is 0 Å². The molecule has 2 aromatic rings. The lowest BCUT2D eigenvalue weighted by atomic mass is 10.1. The number of hydrogen-bond donors (Lipinski definition) is 1. The van der Waals surface area contributed by atoms with Gasteiger partial charge in [0.1, 0.15) is 5.75 Å². The van der Waals surface area contributed by atoms with Crippen molar-refractivity contribution in [2.75, 3.05) is 6.61 Å². The predicted octanol–water partition coefficient (Wildman–Crippen LogP) is 4.39. The van der Waals surface area contributed by atoms with Crippen LogP contribution in [0.1, 0.15) is 6.92 Å². The van der Waals surface area contributed by atoms with Gasteiger partial charge in [0.15, 0.2) is 0 Å². The lowest BCUT2D eigenvalue weighted by Crippen LogP contribution is -1.95. The van der Waals surface area contributed by atoms with Crippen LogP contribution in [-0.4, -0.2) is 11.6 Å². The van der Waals surface area contributed by atoms with Crippen LogP contribution < -0.4 is 4.74 Å². The molecule has 1 aromatic heterocycles. The van der Waals surface area contributed by atoms with Gasteiger partial charge in [-0.15, -0.1) is 0 Å². The zero-order valence-electron chi connectivity index (χ0n) is 8.76. The third-order valence-electron chi connectivity index (χ3n) is 2.19. The maximum Gasteiger partial charge on any atom is 0.147 e. The summed E-state index contributed by atoms with van der Waals surface area (Å²) in [4.78, 5) is 3.11. The Hall–Kier alpha value is -1.12. The molecule has 0 saturated heterocycles. The molecule has 1 heterocycles. The highest BCUT2D eigenvalue weighted by molar-refractivity contribution is 6.36. The van der Waals surface area contributed by atoms with Crippen molar-refractivity contribution < 1.29 is 4.74 Å². The van der Waals surface area contributed by atoms with Crippen LogP contribution in [0.4, 0.5) is 0 Å². The second kappa shape index (κ2) is 4.81. The number of ether oxygens (including phenoxy) is 1. The molecule has 0 saturated carbocycles. The summed E-state index contributed by atoms with van der Waals surface area (Å²) in [7, 11) is 0. The van der Waals surface area contributed by atoms with Crippen molar-refractivity contribution in [3.63, 3.8) is 0 Å². The third kappa shape index (κ3) is 2.18. The van der Waals surface area contributed by atoms with E-state index in [0.29, 0.717) is 22.4 Å². The molecule has 0 aliphatic heterocycles. The Bertz CT molecular complexity index is 480. The van der Waals surface area contributed by atoms with Gasteiger partial charge in [-0.05, 0) is 31.2 Å². The number of hydrogen-bond acceptors (Lipinski definition) is 1. The molecule has 16 heavy (non-hydrogen) atoms. The van der Waals surface area contributed by atoms with Gasteiger partial charge in [0, 0.05) is 22.5 Å². The van der Waals surface area contributed by atoms with E-state index >= 15 is 0 Å². The van der Waals surface area contributed by atoms with E-state index < -0.39 is 0 Å². The van der Waals surface area contributed by atoms with Crippen molar-refractivity contribution in [2.45, 2.75) is 6.92 Å². The molecule has 0 unspecified atom stereocenters. The highest BCUT2D eigenvalue weighted by atomic mass is 35.5. The first-order chi connectivity index (χ1) is 7.72. The first-order valence-corrected chi connectivity index (χ1v) is 5.73. The number of aromatic nitrogens is 1. The molecule has 2 rings (SSSR count). The predicted molar refractivity (Wildman–Crippen MR) is 67.4 cm³/mol. The summed E-state index contributed by atoms with van der Waals surface area (Å²) in [6, 6.07) is 7.38. The van der Waals surface area contributed by atoms with Crippen molar-refractivity contribution in [3.8, 4) is 17.0 Å². The number of nitrogens with one attached hydrogen (secondary N) is 1. The molecule has 0 aliphatic rings. The monoisotopic (exact) mass is 255 g/mol. The van der Waals surface area contributed by atoms with Crippen LogP contribution in [0.5, 0.6) is 5.75 Å². The van der Waals surface area contributed by atoms with E-state index in [2.05, 4.69) is 4.98 Å². The van der Waals surface area contributed by atoms with Crippen LogP contribution in [0.25, 0.3) is 11.3 Å². The average Bonchev–Trinajstić information content (AvgIpc) is 2.75. The normalized spacial score (nSPS) is 10.4. The van der Waals surface area contributed by atoms with Crippen molar-refractivity contribution in [3.05, 3.63) is 40.5 Å². The van der Waals surface area contributed by atoms with Gasteiger partial charge in [-0.25, -0.2) is 0 Å². The second-order valence-corrected chi connectivity index (χ2v) is 4.12. The van der Waals surface area contributed by atoms with Crippen LogP contribution in [0.3, 0.4) is 0 Å². The number of aromatic amines is 1. The first-order valence-electron chi connectivity index (χ1n) is 4.98. The largest absolute Gasteiger partial charge is 0.492 e. The summed E-state index contributed by atoms with van der Waals surface area (Å²) in [6.07, 6.45) is 1.85. The Kier molecular flexibility index (Phi) is 3.42. The fourth-order valence-electron chi connectivity index (χ4n) is 1.55. The van der Waals surface area contributed by atoms with Crippen molar-refractivity contribution in [1.82, 2.24) is 4.98 Å². The Morgan fingerprint density at radius 1 is 1.31 bits per heavy atom. The minimum atomic E-state index is 0.527. The quantitative estimate of drug-likeness (QED) is 0.865. The smallest absolute Gasteiger partial charge is 0.147 e. The van der Waals surface area contributed by atoms with Crippen LogP contribution in [0.2, 0.25) is 10.0 Å². The van der Waals surface area contributed by atoms with Gasteiger partial charge in [-0.3, -0.25) is 0 Å². The number of rotatable bonds is 3. The molecule has 84 valence electrons. The number of halogens is 2. The summed E-state index contributed by atoms with van der Waals surface area (Å²) >= 11 is 12.1. The van der Waals surface area contributed by atoms with Crippen molar-refractivity contribution in [2.24, 2.45) is 0 Å². The van der Waals surface area contributed by atoms with E-state index in [4.69, 9.17) is 27.9 Å². The molecule has 1 N–H and O–H groups in total.